The zero-order chi connectivity index (χ0) is 16.1. The van der Waals surface area contributed by atoms with Crippen LogP contribution in [0.3, 0.4) is 0 Å². The molecule has 0 spiro atoms. The van der Waals surface area contributed by atoms with E-state index in [2.05, 4.69) is 5.16 Å². The molecule has 5 nitrogen and oxygen atoms in total. The first-order valence-corrected chi connectivity index (χ1v) is 8.44. The van der Waals surface area contributed by atoms with Gasteiger partial charge in [0, 0.05) is 30.5 Å². The Hall–Kier alpha value is -1.95. The Morgan fingerprint density at radius 3 is 2.64 bits per heavy atom. The Morgan fingerprint density at radius 1 is 1.36 bits per heavy atom. The minimum absolute atomic E-state index is 0.140. The molecule has 1 aromatic heterocycles. The monoisotopic (exact) mass is 320 g/mol. The third-order valence-corrected chi connectivity index (χ3v) is 4.90. The van der Waals surface area contributed by atoms with Gasteiger partial charge in [0.15, 0.2) is 0 Å². The van der Waals surface area contributed by atoms with Crippen molar-refractivity contribution in [3.8, 4) is 0 Å². The Balaban J connectivity index is 1.94. The van der Waals surface area contributed by atoms with E-state index >= 15 is 0 Å². The van der Waals surface area contributed by atoms with E-state index < -0.39 is 16.0 Å². The van der Waals surface area contributed by atoms with Gasteiger partial charge in [0.1, 0.15) is 11.0 Å². The number of amides is 1. The average Bonchev–Trinajstić information content (AvgIpc) is 2.91. The fraction of sp³-hybridized carbons (Fsp3) is 0.375. The van der Waals surface area contributed by atoms with Gasteiger partial charge in [0.2, 0.25) is 5.91 Å². The van der Waals surface area contributed by atoms with Crippen LogP contribution in [-0.4, -0.2) is 32.5 Å². The third kappa shape index (κ3) is 4.27. The van der Waals surface area contributed by atoms with Gasteiger partial charge in [-0.2, -0.15) is 0 Å². The van der Waals surface area contributed by atoms with Gasteiger partial charge in [-0.05, 0) is 19.4 Å². The van der Waals surface area contributed by atoms with Crippen LogP contribution in [0.25, 0.3) is 0 Å². The Morgan fingerprint density at radius 2 is 2.05 bits per heavy atom. The topological polar surface area (TPSA) is 63.4 Å². The lowest BCUT2D eigenvalue weighted by Gasteiger charge is -2.21. The zero-order valence-corrected chi connectivity index (χ0v) is 13.8. The summed E-state index contributed by atoms with van der Waals surface area (Å²) in [6, 6.07) is 11.5. The van der Waals surface area contributed by atoms with Crippen molar-refractivity contribution in [3.63, 3.8) is 0 Å². The molecule has 6 heteroatoms. The molecule has 0 unspecified atom stereocenters. The van der Waals surface area contributed by atoms with Crippen molar-refractivity contribution in [2.75, 3.05) is 7.05 Å². The van der Waals surface area contributed by atoms with Crippen LogP contribution in [0.2, 0.25) is 0 Å². The minimum Gasteiger partial charge on any atom is -0.360 e. The maximum Gasteiger partial charge on any atom is 0.238 e. The second-order valence-corrected chi connectivity index (χ2v) is 7.04. The molecule has 2 rings (SSSR count). The van der Waals surface area contributed by atoms with Gasteiger partial charge in [-0.15, -0.1) is 0 Å². The van der Waals surface area contributed by atoms with Crippen molar-refractivity contribution < 1.29 is 13.5 Å². The number of aromatic nitrogens is 1. The number of nitrogens with zero attached hydrogens (tertiary/aromatic N) is 2. The van der Waals surface area contributed by atoms with Crippen LogP contribution in [0.15, 0.2) is 40.9 Å². The predicted octanol–water partition coefficient (Wildman–Crippen LogP) is 2.28. The summed E-state index contributed by atoms with van der Waals surface area (Å²) in [4.78, 5) is 14.0. The molecule has 0 radical (unpaired) electrons. The molecule has 22 heavy (non-hydrogen) atoms. The van der Waals surface area contributed by atoms with Gasteiger partial charge in [-0.1, -0.05) is 35.5 Å². The summed E-state index contributed by atoms with van der Waals surface area (Å²) < 4.78 is 17.3. The van der Waals surface area contributed by atoms with Crippen molar-refractivity contribution in [3.05, 3.63) is 53.4 Å². The molecule has 2 aromatic rings. The fourth-order valence-electron chi connectivity index (χ4n) is 2.11. The molecule has 0 saturated carbocycles. The summed E-state index contributed by atoms with van der Waals surface area (Å²) in [7, 11) is 0.388. The third-order valence-electron chi connectivity index (χ3n) is 3.34. The molecule has 1 heterocycles. The van der Waals surface area contributed by atoms with Gasteiger partial charge in [0.25, 0.3) is 0 Å². The number of carbonyl (C=O) groups excluding carboxylic acids is 1. The van der Waals surface area contributed by atoms with Gasteiger partial charge in [-0.3, -0.25) is 9.00 Å². The predicted molar refractivity (Wildman–Crippen MR) is 85.5 cm³/mol. The molecule has 0 N–H and O–H groups in total. The first kappa shape index (κ1) is 16.4. The minimum atomic E-state index is -1.34. The molecule has 0 aliphatic heterocycles. The quantitative estimate of drug-likeness (QED) is 0.819. The van der Waals surface area contributed by atoms with E-state index in [1.807, 2.05) is 30.3 Å². The van der Waals surface area contributed by atoms with Crippen molar-refractivity contribution in [2.45, 2.75) is 31.4 Å². The molecule has 0 saturated heterocycles. The van der Waals surface area contributed by atoms with E-state index in [0.29, 0.717) is 12.3 Å². The summed E-state index contributed by atoms with van der Waals surface area (Å²) in [6.45, 7) is 3.99. The highest BCUT2D eigenvalue weighted by Crippen LogP contribution is 2.12. The normalized spacial score (nSPS) is 13.6. The first-order chi connectivity index (χ1) is 10.5. The van der Waals surface area contributed by atoms with Gasteiger partial charge < -0.3 is 9.42 Å². The highest BCUT2D eigenvalue weighted by Gasteiger charge is 2.24. The lowest BCUT2D eigenvalue weighted by Crippen LogP contribution is -2.37. The van der Waals surface area contributed by atoms with Crippen molar-refractivity contribution in [1.82, 2.24) is 10.1 Å². The smallest absolute Gasteiger partial charge is 0.238 e. The van der Waals surface area contributed by atoms with E-state index in [1.54, 1.807) is 31.9 Å². The molecule has 0 aliphatic carbocycles. The molecule has 0 fully saturated rings. The number of aryl methyl sites for hydroxylation is 1. The van der Waals surface area contributed by atoms with Crippen LogP contribution in [0, 0.1) is 6.92 Å². The zero-order valence-electron chi connectivity index (χ0n) is 13.0. The average molecular weight is 320 g/mol. The number of hydrogen-bond acceptors (Lipinski definition) is 4. The van der Waals surface area contributed by atoms with Crippen LogP contribution in [-0.2, 0) is 27.9 Å². The SMILES string of the molecule is Cc1cc(C[S@@](=O)[C@@H](C)C(=O)N(C)Cc2ccccc2)on1. The lowest BCUT2D eigenvalue weighted by atomic mass is 10.2. The van der Waals surface area contributed by atoms with E-state index in [1.165, 1.54) is 0 Å². The van der Waals surface area contributed by atoms with Crippen LogP contribution >= 0.6 is 0 Å². The highest BCUT2D eigenvalue weighted by molar-refractivity contribution is 7.85. The molecule has 0 bridgehead atoms. The number of hydrogen-bond donors (Lipinski definition) is 0. The summed E-state index contributed by atoms with van der Waals surface area (Å²) >= 11 is 0. The highest BCUT2D eigenvalue weighted by atomic mass is 32.2. The van der Waals surface area contributed by atoms with Crippen molar-refractivity contribution >= 4 is 16.7 Å². The maximum absolute atomic E-state index is 12.4. The second-order valence-electron chi connectivity index (χ2n) is 5.28. The molecular formula is C16H20N2O3S. The molecular weight excluding hydrogens is 300 g/mol. The molecule has 0 aliphatic rings. The largest absolute Gasteiger partial charge is 0.360 e. The van der Waals surface area contributed by atoms with Crippen LogP contribution in [0.1, 0.15) is 23.9 Å². The van der Waals surface area contributed by atoms with Crippen LogP contribution < -0.4 is 0 Å². The molecule has 1 aromatic carbocycles. The van der Waals surface area contributed by atoms with Gasteiger partial charge in [-0.25, -0.2) is 0 Å². The van der Waals surface area contributed by atoms with E-state index in [0.717, 1.165) is 11.3 Å². The maximum atomic E-state index is 12.4. The molecule has 118 valence electrons. The summed E-state index contributed by atoms with van der Waals surface area (Å²) in [5.41, 5.74) is 1.79. The molecule has 1 amide bonds. The molecule has 2 atom stereocenters. The lowest BCUT2D eigenvalue weighted by molar-refractivity contribution is -0.129. The van der Waals surface area contributed by atoms with E-state index in [-0.39, 0.29) is 11.7 Å². The van der Waals surface area contributed by atoms with Crippen molar-refractivity contribution in [1.29, 1.82) is 0 Å². The summed E-state index contributed by atoms with van der Waals surface area (Å²) in [5.74, 6) is 0.604. The number of benzene rings is 1. The standard InChI is InChI=1S/C16H20N2O3S/c1-12-9-15(21-17-12)11-22(20)13(2)16(19)18(3)10-14-7-5-4-6-8-14/h4-9,13H,10-11H2,1-3H3/t13-,22+/m0/s1. The Bertz CT molecular complexity index is 654. The van der Waals surface area contributed by atoms with E-state index in [9.17, 15) is 9.00 Å². The second kappa shape index (κ2) is 7.35. The van der Waals surface area contributed by atoms with E-state index in [4.69, 9.17) is 4.52 Å². The first-order valence-electron chi connectivity index (χ1n) is 7.05. The fourth-order valence-corrected chi connectivity index (χ4v) is 3.18. The van der Waals surface area contributed by atoms with Crippen LogP contribution in [0.5, 0.6) is 0 Å². The number of carbonyl (C=O) groups is 1. The van der Waals surface area contributed by atoms with Gasteiger partial charge >= 0.3 is 0 Å². The van der Waals surface area contributed by atoms with Crippen molar-refractivity contribution in [2.24, 2.45) is 0 Å². The van der Waals surface area contributed by atoms with Gasteiger partial charge in [0.05, 0.1) is 11.4 Å². The summed E-state index contributed by atoms with van der Waals surface area (Å²) in [6.07, 6.45) is 0. The Kier molecular flexibility index (Phi) is 5.49. The number of rotatable bonds is 6. The Labute approximate surface area is 132 Å². The van der Waals surface area contributed by atoms with Crippen LogP contribution in [0.4, 0.5) is 0 Å². The summed E-state index contributed by atoms with van der Waals surface area (Å²) in [5, 5.41) is 3.18.